The standard InChI is InChI=1S/C12H15NO2/c1-15-11(14)13-12(8-5-9-12)10-6-3-2-4-7-10/h2-4,6-7H,5,8-9H2,1H3,(H,13,14). The molecule has 0 aliphatic heterocycles. The Balaban J connectivity index is 2.19. The van der Waals surface area contributed by atoms with Crippen LogP contribution in [-0.4, -0.2) is 13.2 Å². The Morgan fingerprint density at radius 1 is 1.33 bits per heavy atom. The molecule has 1 N–H and O–H groups in total. The second-order valence-electron chi connectivity index (χ2n) is 3.92. The van der Waals surface area contributed by atoms with Crippen molar-refractivity contribution in [1.82, 2.24) is 5.32 Å². The molecule has 0 saturated heterocycles. The largest absolute Gasteiger partial charge is 0.453 e. The highest BCUT2D eigenvalue weighted by Gasteiger charge is 2.40. The maximum Gasteiger partial charge on any atom is 0.407 e. The minimum absolute atomic E-state index is 0.186. The summed E-state index contributed by atoms with van der Waals surface area (Å²) in [5.41, 5.74) is 0.982. The van der Waals surface area contributed by atoms with E-state index in [9.17, 15) is 4.79 Å². The van der Waals surface area contributed by atoms with Crippen LogP contribution in [0.5, 0.6) is 0 Å². The molecule has 1 aromatic rings. The fourth-order valence-electron chi connectivity index (χ4n) is 2.02. The van der Waals surface area contributed by atoms with Gasteiger partial charge in [-0.3, -0.25) is 0 Å². The predicted octanol–water partition coefficient (Wildman–Crippen LogP) is 2.42. The van der Waals surface area contributed by atoms with E-state index in [0.29, 0.717) is 0 Å². The summed E-state index contributed by atoms with van der Waals surface area (Å²) in [4.78, 5) is 11.3. The molecule has 0 atom stereocenters. The zero-order valence-corrected chi connectivity index (χ0v) is 8.82. The molecular formula is C12H15NO2. The molecular weight excluding hydrogens is 190 g/mol. The summed E-state index contributed by atoms with van der Waals surface area (Å²) in [5, 5.41) is 2.93. The Morgan fingerprint density at radius 3 is 2.47 bits per heavy atom. The van der Waals surface area contributed by atoms with Crippen molar-refractivity contribution < 1.29 is 9.53 Å². The van der Waals surface area contributed by atoms with Gasteiger partial charge in [-0.05, 0) is 24.8 Å². The highest BCUT2D eigenvalue weighted by molar-refractivity contribution is 5.68. The third-order valence-electron chi connectivity index (χ3n) is 3.06. The maximum atomic E-state index is 11.3. The third kappa shape index (κ3) is 1.82. The summed E-state index contributed by atoms with van der Waals surface area (Å²) in [5.74, 6) is 0. The maximum absolute atomic E-state index is 11.3. The first kappa shape index (κ1) is 10.0. The summed E-state index contributed by atoms with van der Waals surface area (Å²) < 4.78 is 4.65. The van der Waals surface area contributed by atoms with Crippen molar-refractivity contribution in [3.05, 3.63) is 35.9 Å². The molecule has 0 spiro atoms. The topological polar surface area (TPSA) is 38.3 Å². The van der Waals surface area contributed by atoms with Crippen molar-refractivity contribution in [3.63, 3.8) is 0 Å². The van der Waals surface area contributed by atoms with E-state index in [1.54, 1.807) is 0 Å². The number of nitrogens with one attached hydrogen (secondary N) is 1. The number of benzene rings is 1. The molecule has 1 fully saturated rings. The number of alkyl carbamates (subject to hydrolysis) is 1. The Kier molecular flexibility index (Phi) is 2.62. The van der Waals surface area contributed by atoms with Crippen LogP contribution in [0.1, 0.15) is 24.8 Å². The Labute approximate surface area is 89.4 Å². The van der Waals surface area contributed by atoms with Crippen molar-refractivity contribution >= 4 is 6.09 Å². The van der Waals surface area contributed by atoms with Crippen LogP contribution in [0.25, 0.3) is 0 Å². The first-order valence-corrected chi connectivity index (χ1v) is 5.18. The number of amides is 1. The van der Waals surface area contributed by atoms with Crippen LogP contribution in [0.4, 0.5) is 4.79 Å². The molecule has 2 rings (SSSR count). The van der Waals surface area contributed by atoms with Gasteiger partial charge in [-0.25, -0.2) is 4.79 Å². The van der Waals surface area contributed by atoms with E-state index in [0.717, 1.165) is 19.3 Å². The minimum atomic E-state index is -0.349. The Hall–Kier alpha value is -1.51. The first-order valence-electron chi connectivity index (χ1n) is 5.18. The number of carbonyl (C=O) groups excluding carboxylic acids is 1. The lowest BCUT2D eigenvalue weighted by molar-refractivity contribution is 0.128. The van der Waals surface area contributed by atoms with Gasteiger partial charge in [0.25, 0.3) is 0 Å². The Morgan fingerprint density at radius 2 is 2.00 bits per heavy atom. The molecule has 1 aromatic carbocycles. The third-order valence-corrected chi connectivity index (χ3v) is 3.06. The molecule has 3 heteroatoms. The zero-order chi connectivity index (χ0) is 10.7. The van der Waals surface area contributed by atoms with Crippen LogP contribution in [0.2, 0.25) is 0 Å². The molecule has 80 valence electrons. The van der Waals surface area contributed by atoms with Crippen LogP contribution in [0.3, 0.4) is 0 Å². The first-order chi connectivity index (χ1) is 7.27. The van der Waals surface area contributed by atoms with Gasteiger partial charge in [0, 0.05) is 0 Å². The second-order valence-corrected chi connectivity index (χ2v) is 3.92. The van der Waals surface area contributed by atoms with Crippen LogP contribution >= 0.6 is 0 Å². The van der Waals surface area contributed by atoms with Crippen LogP contribution in [0.15, 0.2) is 30.3 Å². The number of methoxy groups -OCH3 is 1. The second kappa shape index (κ2) is 3.93. The zero-order valence-electron chi connectivity index (χ0n) is 8.82. The lowest BCUT2D eigenvalue weighted by atomic mass is 9.72. The number of hydrogen-bond acceptors (Lipinski definition) is 2. The molecule has 0 heterocycles. The molecule has 3 nitrogen and oxygen atoms in total. The van der Waals surface area contributed by atoms with Gasteiger partial charge in [-0.15, -0.1) is 0 Å². The lowest BCUT2D eigenvalue weighted by Gasteiger charge is -2.42. The SMILES string of the molecule is COC(=O)NC1(c2ccccc2)CCC1. The molecule has 1 amide bonds. The van der Waals surface area contributed by atoms with E-state index >= 15 is 0 Å². The van der Waals surface area contributed by atoms with Gasteiger partial charge in [0.1, 0.15) is 0 Å². The number of ether oxygens (including phenoxy) is 1. The van der Waals surface area contributed by atoms with Crippen molar-refractivity contribution in [2.45, 2.75) is 24.8 Å². The molecule has 1 aliphatic rings. The smallest absolute Gasteiger partial charge is 0.407 e. The van der Waals surface area contributed by atoms with Gasteiger partial charge in [0.05, 0.1) is 12.6 Å². The van der Waals surface area contributed by atoms with Crippen molar-refractivity contribution in [1.29, 1.82) is 0 Å². The fraction of sp³-hybridized carbons (Fsp3) is 0.417. The summed E-state index contributed by atoms with van der Waals surface area (Å²) in [6.45, 7) is 0. The summed E-state index contributed by atoms with van der Waals surface area (Å²) in [7, 11) is 1.40. The highest BCUT2D eigenvalue weighted by atomic mass is 16.5. The van der Waals surface area contributed by atoms with Crippen molar-refractivity contribution in [3.8, 4) is 0 Å². The van der Waals surface area contributed by atoms with E-state index < -0.39 is 0 Å². The molecule has 0 unspecified atom stereocenters. The van der Waals surface area contributed by atoms with E-state index in [-0.39, 0.29) is 11.6 Å². The van der Waals surface area contributed by atoms with Gasteiger partial charge in [0.2, 0.25) is 0 Å². The van der Waals surface area contributed by atoms with Crippen LogP contribution in [-0.2, 0) is 10.3 Å². The van der Waals surface area contributed by atoms with Crippen LogP contribution < -0.4 is 5.32 Å². The van der Waals surface area contributed by atoms with Crippen LogP contribution in [0, 0.1) is 0 Å². The lowest BCUT2D eigenvalue weighted by Crippen LogP contribution is -2.50. The molecule has 1 aliphatic carbocycles. The van der Waals surface area contributed by atoms with E-state index in [4.69, 9.17) is 0 Å². The number of carbonyl (C=O) groups is 1. The average Bonchev–Trinajstić information content (AvgIpc) is 2.24. The molecule has 15 heavy (non-hydrogen) atoms. The van der Waals surface area contributed by atoms with Gasteiger partial charge in [-0.1, -0.05) is 30.3 Å². The summed E-state index contributed by atoms with van der Waals surface area (Å²) >= 11 is 0. The van der Waals surface area contributed by atoms with Gasteiger partial charge in [0.15, 0.2) is 0 Å². The molecule has 0 aromatic heterocycles. The molecule has 0 radical (unpaired) electrons. The molecule has 1 saturated carbocycles. The fourth-order valence-corrected chi connectivity index (χ4v) is 2.02. The van der Waals surface area contributed by atoms with Gasteiger partial charge < -0.3 is 10.1 Å². The van der Waals surface area contributed by atoms with Gasteiger partial charge >= 0.3 is 6.09 Å². The van der Waals surface area contributed by atoms with E-state index in [1.165, 1.54) is 12.7 Å². The minimum Gasteiger partial charge on any atom is -0.453 e. The monoisotopic (exact) mass is 205 g/mol. The Bertz CT molecular complexity index is 344. The predicted molar refractivity (Wildman–Crippen MR) is 57.5 cm³/mol. The van der Waals surface area contributed by atoms with E-state index in [1.807, 2.05) is 18.2 Å². The molecule has 0 bridgehead atoms. The number of hydrogen-bond donors (Lipinski definition) is 1. The summed E-state index contributed by atoms with van der Waals surface area (Å²) in [6, 6.07) is 10.1. The quantitative estimate of drug-likeness (QED) is 0.805. The van der Waals surface area contributed by atoms with Crippen molar-refractivity contribution in [2.75, 3.05) is 7.11 Å². The summed E-state index contributed by atoms with van der Waals surface area (Å²) in [6.07, 6.45) is 2.79. The normalized spacial score (nSPS) is 17.7. The van der Waals surface area contributed by atoms with Crippen molar-refractivity contribution in [2.24, 2.45) is 0 Å². The van der Waals surface area contributed by atoms with E-state index in [2.05, 4.69) is 22.2 Å². The highest BCUT2D eigenvalue weighted by Crippen LogP contribution is 2.41. The number of rotatable bonds is 2. The average molecular weight is 205 g/mol. The van der Waals surface area contributed by atoms with Gasteiger partial charge in [-0.2, -0.15) is 0 Å².